The normalized spacial score (nSPS) is 21.0. The van der Waals surface area contributed by atoms with Crippen molar-refractivity contribution >= 4 is 28.7 Å². The van der Waals surface area contributed by atoms with Crippen molar-refractivity contribution in [1.29, 1.82) is 0 Å². The fraction of sp³-hybridized carbons (Fsp3) is 0.667. The van der Waals surface area contributed by atoms with Gasteiger partial charge in [0.1, 0.15) is 13.0 Å². The summed E-state index contributed by atoms with van der Waals surface area (Å²) in [4.78, 5) is 13.9. The summed E-state index contributed by atoms with van der Waals surface area (Å²) >= 11 is 2.36. The van der Waals surface area contributed by atoms with Crippen LogP contribution in [-0.4, -0.2) is 42.3 Å². The van der Waals surface area contributed by atoms with Crippen molar-refractivity contribution in [3.8, 4) is 0 Å². The summed E-state index contributed by atoms with van der Waals surface area (Å²) < 4.78 is 12.1. The smallest absolute Gasteiger partial charge is 0.409 e. The van der Waals surface area contributed by atoms with E-state index in [0.29, 0.717) is 6.42 Å². The van der Waals surface area contributed by atoms with E-state index in [1.165, 1.54) is 9.13 Å². The predicted octanol–water partition coefficient (Wildman–Crippen LogP) is 5.82. The number of amides is 1. The SMILES string of the molecule is CCCCCC(OCOC)N(C(=O)O)[C@H]1CCCC[C@H]1c1ccccc1I. The topological polar surface area (TPSA) is 59.0 Å². The van der Waals surface area contributed by atoms with Crippen LogP contribution in [0.25, 0.3) is 0 Å². The van der Waals surface area contributed by atoms with Crippen molar-refractivity contribution in [2.75, 3.05) is 13.9 Å². The Morgan fingerprint density at radius 1 is 1.30 bits per heavy atom. The van der Waals surface area contributed by atoms with Crippen LogP contribution in [0.4, 0.5) is 4.79 Å². The van der Waals surface area contributed by atoms with E-state index in [9.17, 15) is 9.90 Å². The van der Waals surface area contributed by atoms with Gasteiger partial charge in [0.2, 0.25) is 0 Å². The highest BCUT2D eigenvalue weighted by Gasteiger charge is 2.38. The number of halogens is 1. The van der Waals surface area contributed by atoms with E-state index in [-0.39, 0.29) is 18.8 Å². The summed E-state index contributed by atoms with van der Waals surface area (Å²) in [6.45, 7) is 2.26. The molecule has 1 aliphatic carbocycles. The Hall–Kier alpha value is -0.860. The van der Waals surface area contributed by atoms with Crippen LogP contribution in [-0.2, 0) is 9.47 Å². The fourth-order valence-corrected chi connectivity index (χ4v) is 4.87. The second kappa shape index (κ2) is 11.9. The number of carboxylic acid groups (broad SMARTS) is 1. The van der Waals surface area contributed by atoms with Crippen molar-refractivity contribution in [1.82, 2.24) is 4.90 Å². The Bertz CT molecular complexity index is 583. The predicted molar refractivity (Wildman–Crippen MR) is 115 cm³/mol. The second-order valence-corrected chi connectivity index (χ2v) is 8.36. The standard InChI is InChI=1S/C21H32INO4/c1-3-4-5-14-20(27-15-26-2)23(21(24)25)19-13-9-7-11-17(19)16-10-6-8-12-18(16)22/h6,8,10,12,17,19-20H,3-5,7,9,11,13-15H2,1-2H3,(H,24,25)/t17-,19-,20?/m0/s1. The second-order valence-electron chi connectivity index (χ2n) is 7.19. The molecule has 1 unspecified atom stereocenters. The third-order valence-electron chi connectivity index (χ3n) is 5.36. The van der Waals surface area contributed by atoms with Crippen LogP contribution >= 0.6 is 22.6 Å². The highest BCUT2D eigenvalue weighted by molar-refractivity contribution is 14.1. The van der Waals surface area contributed by atoms with Gasteiger partial charge in [-0.25, -0.2) is 4.79 Å². The molecule has 6 heteroatoms. The van der Waals surface area contributed by atoms with E-state index in [0.717, 1.165) is 44.9 Å². The Balaban J connectivity index is 2.28. The molecule has 0 heterocycles. The van der Waals surface area contributed by atoms with Crippen molar-refractivity contribution in [2.24, 2.45) is 0 Å². The van der Waals surface area contributed by atoms with Crippen LogP contribution in [0.1, 0.15) is 69.8 Å². The Kier molecular flexibility index (Phi) is 9.86. The molecular weight excluding hydrogens is 457 g/mol. The van der Waals surface area contributed by atoms with Crippen molar-refractivity contribution in [3.63, 3.8) is 0 Å². The Labute approximate surface area is 176 Å². The van der Waals surface area contributed by atoms with Crippen LogP contribution in [0.5, 0.6) is 0 Å². The third-order valence-corrected chi connectivity index (χ3v) is 6.34. The quantitative estimate of drug-likeness (QED) is 0.256. The lowest BCUT2D eigenvalue weighted by Gasteiger charge is -2.42. The minimum Gasteiger partial charge on any atom is -0.465 e. The molecule has 1 amide bonds. The first-order valence-electron chi connectivity index (χ1n) is 9.96. The average molecular weight is 489 g/mol. The van der Waals surface area contributed by atoms with Gasteiger partial charge in [0.25, 0.3) is 0 Å². The van der Waals surface area contributed by atoms with Crippen molar-refractivity contribution in [2.45, 2.75) is 76.5 Å². The fourth-order valence-electron chi connectivity index (χ4n) is 4.08. The maximum Gasteiger partial charge on any atom is 0.409 e. The number of nitrogens with zero attached hydrogens (tertiary/aromatic N) is 1. The monoisotopic (exact) mass is 489 g/mol. The van der Waals surface area contributed by atoms with Gasteiger partial charge >= 0.3 is 6.09 Å². The van der Waals surface area contributed by atoms with Crippen molar-refractivity contribution < 1.29 is 19.4 Å². The maximum atomic E-state index is 12.3. The molecule has 1 aliphatic rings. The number of hydrogen-bond donors (Lipinski definition) is 1. The summed E-state index contributed by atoms with van der Waals surface area (Å²) in [5.41, 5.74) is 1.26. The van der Waals surface area contributed by atoms with Gasteiger partial charge in [-0.3, -0.25) is 4.90 Å². The van der Waals surface area contributed by atoms with E-state index in [1.54, 1.807) is 12.0 Å². The molecule has 1 saturated carbocycles. The van der Waals surface area contributed by atoms with Gasteiger partial charge in [0.15, 0.2) is 0 Å². The molecule has 1 aromatic carbocycles. The zero-order valence-corrected chi connectivity index (χ0v) is 18.6. The van der Waals surface area contributed by atoms with Gasteiger partial charge < -0.3 is 14.6 Å². The number of ether oxygens (including phenoxy) is 2. The van der Waals surface area contributed by atoms with E-state index in [4.69, 9.17) is 9.47 Å². The lowest BCUT2D eigenvalue weighted by Crippen LogP contribution is -2.51. The first-order valence-corrected chi connectivity index (χ1v) is 11.0. The molecule has 0 saturated heterocycles. The minimum atomic E-state index is -0.893. The largest absolute Gasteiger partial charge is 0.465 e. The molecule has 1 N–H and O–H groups in total. The number of benzene rings is 1. The molecule has 0 aromatic heterocycles. The van der Waals surface area contributed by atoms with Gasteiger partial charge in [-0.15, -0.1) is 0 Å². The number of hydrogen-bond acceptors (Lipinski definition) is 3. The Morgan fingerprint density at radius 2 is 2.04 bits per heavy atom. The molecular formula is C21H32INO4. The summed E-state index contributed by atoms with van der Waals surface area (Å²) in [7, 11) is 1.57. The lowest BCUT2D eigenvalue weighted by molar-refractivity contribution is -0.139. The molecule has 0 aliphatic heterocycles. The number of carbonyl (C=O) groups is 1. The highest BCUT2D eigenvalue weighted by atomic mass is 127. The molecule has 1 aromatic rings. The third kappa shape index (κ3) is 6.32. The van der Waals surface area contributed by atoms with Crippen LogP contribution in [0.15, 0.2) is 24.3 Å². The molecule has 0 spiro atoms. The average Bonchev–Trinajstić information content (AvgIpc) is 2.66. The van der Waals surface area contributed by atoms with Gasteiger partial charge in [0, 0.05) is 22.6 Å². The minimum absolute atomic E-state index is 0.0596. The summed E-state index contributed by atoms with van der Waals surface area (Å²) in [6.07, 6.45) is 6.57. The van der Waals surface area contributed by atoms with E-state index < -0.39 is 12.3 Å². The molecule has 0 bridgehead atoms. The summed E-state index contributed by atoms with van der Waals surface area (Å²) in [5.74, 6) is 0.211. The highest BCUT2D eigenvalue weighted by Crippen LogP contribution is 2.39. The molecule has 152 valence electrons. The number of methoxy groups -OCH3 is 1. The number of rotatable bonds is 10. The molecule has 5 nitrogen and oxygen atoms in total. The van der Waals surface area contributed by atoms with Gasteiger partial charge in [0.05, 0.1) is 0 Å². The molecule has 3 atom stereocenters. The number of unbranched alkanes of at least 4 members (excludes halogenated alkanes) is 2. The van der Waals surface area contributed by atoms with Crippen LogP contribution in [0.2, 0.25) is 0 Å². The zero-order chi connectivity index (χ0) is 19.6. The molecule has 0 radical (unpaired) electrons. The summed E-state index contributed by atoms with van der Waals surface area (Å²) in [5, 5.41) is 10.1. The zero-order valence-electron chi connectivity index (χ0n) is 16.4. The van der Waals surface area contributed by atoms with Crippen LogP contribution in [0.3, 0.4) is 0 Å². The van der Waals surface area contributed by atoms with Crippen molar-refractivity contribution in [3.05, 3.63) is 33.4 Å². The van der Waals surface area contributed by atoms with Gasteiger partial charge in [-0.1, -0.05) is 50.8 Å². The van der Waals surface area contributed by atoms with E-state index >= 15 is 0 Å². The van der Waals surface area contributed by atoms with E-state index in [2.05, 4.69) is 47.7 Å². The molecule has 1 fully saturated rings. The molecule has 2 rings (SSSR count). The Morgan fingerprint density at radius 3 is 2.70 bits per heavy atom. The van der Waals surface area contributed by atoms with Crippen LogP contribution in [0, 0.1) is 3.57 Å². The van der Waals surface area contributed by atoms with Crippen LogP contribution < -0.4 is 0 Å². The van der Waals surface area contributed by atoms with E-state index in [1.807, 2.05) is 6.07 Å². The lowest BCUT2D eigenvalue weighted by atomic mass is 9.79. The van der Waals surface area contributed by atoms with Gasteiger partial charge in [-0.05, 0) is 59.9 Å². The first kappa shape index (κ1) is 22.4. The summed E-state index contributed by atoms with van der Waals surface area (Å²) in [6, 6.07) is 8.28. The first-order chi connectivity index (χ1) is 13.1. The maximum absolute atomic E-state index is 12.3. The molecule has 27 heavy (non-hydrogen) atoms. The van der Waals surface area contributed by atoms with Gasteiger partial charge in [-0.2, -0.15) is 0 Å².